The van der Waals surface area contributed by atoms with Gasteiger partial charge in [-0.05, 0) is 31.7 Å². The molecule has 1 saturated carbocycles. The molecule has 0 aliphatic heterocycles. The second-order valence-electron chi connectivity index (χ2n) is 4.66. The monoisotopic (exact) mass is 272 g/mol. The van der Waals surface area contributed by atoms with Gasteiger partial charge in [-0.2, -0.15) is 0 Å². The van der Waals surface area contributed by atoms with E-state index in [9.17, 15) is 14.5 Å². The Morgan fingerprint density at radius 3 is 2.72 bits per heavy atom. The highest BCUT2D eigenvalue weighted by atomic mass is 35.5. The summed E-state index contributed by atoms with van der Waals surface area (Å²) in [5.74, 6) is -0.251. The maximum absolute atomic E-state index is 13.2. The normalized spacial score (nSPS) is 17.1. The molecule has 0 aromatic heterocycles. The van der Waals surface area contributed by atoms with E-state index in [0.29, 0.717) is 5.92 Å². The van der Waals surface area contributed by atoms with E-state index in [2.05, 4.69) is 5.32 Å². The van der Waals surface area contributed by atoms with Crippen molar-refractivity contribution in [2.45, 2.75) is 32.2 Å². The fraction of sp³-hybridized carbons (Fsp3) is 0.500. The summed E-state index contributed by atoms with van der Waals surface area (Å²) < 4.78 is 13.2. The Morgan fingerprint density at radius 1 is 1.56 bits per heavy atom. The number of benzene rings is 1. The number of nitro groups is 1. The Balaban J connectivity index is 2.24. The highest BCUT2D eigenvalue weighted by Crippen LogP contribution is 2.35. The van der Waals surface area contributed by atoms with Crippen molar-refractivity contribution in [3.05, 3.63) is 33.1 Å². The standard InChI is InChI=1S/C12H14ClFN2O2/c1-7(8-3-2-4-8)15-11-5-9(13)10(14)6-12(11)16(17)18/h5-8,15H,2-4H2,1H3. The predicted molar refractivity (Wildman–Crippen MR) is 68.5 cm³/mol. The largest absolute Gasteiger partial charge is 0.377 e. The zero-order valence-corrected chi connectivity index (χ0v) is 10.7. The van der Waals surface area contributed by atoms with Crippen molar-refractivity contribution in [3.8, 4) is 0 Å². The van der Waals surface area contributed by atoms with E-state index < -0.39 is 10.7 Å². The van der Waals surface area contributed by atoms with Crippen molar-refractivity contribution < 1.29 is 9.31 Å². The molecule has 1 fully saturated rings. The zero-order valence-electron chi connectivity index (χ0n) is 9.95. The molecule has 2 rings (SSSR count). The van der Waals surface area contributed by atoms with Crippen LogP contribution in [0.4, 0.5) is 15.8 Å². The third-order valence-corrected chi connectivity index (χ3v) is 3.77. The lowest BCUT2D eigenvalue weighted by Crippen LogP contribution is -2.31. The maximum atomic E-state index is 13.2. The molecule has 0 heterocycles. The van der Waals surface area contributed by atoms with E-state index >= 15 is 0 Å². The third-order valence-electron chi connectivity index (χ3n) is 3.48. The lowest BCUT2D eigenvalue weighted by molar-refractivity contribution is -0.384. The van der Waals surface area contributed by atoms with Crippen molar-refractivity contribution >= 4 is 23.0 Å². The van der Waals surface area contributed by atoms with Crippen LogP contribution in [0, 0.1) is 21.8 Å². The fourth-order valence-electron chi connectivity index (χ4n) is 2.11. The van der Waals surface area contributed by atoms with Crippen LogP contribution in [0.15, 0.2) is 12.1 Å². The molecular formula is C12H14ClFN2O2. The Labute approximate surface area is 109 Å². The smallest absolute Gasteiger partial charge is 0.295 e. The SMILES string of the molecule is CC(Nc1cc(Cl)c(F)cc1[N+](=O)[O-])C1CCC1. The van der Waals surface area contributed by atoms with Crippen LogP contribution in [0.25, 0.3) is 0 Å². The van der Waals surface area contributed by atoms with E-state index in [1.807, 2.05) is 6.92 Å². The molecule has 0 saturated heterocycles. The molecule has 18 heavy (non-hydrogen) atoms. The number of hydrogen-bond acceptors (Lipinski definition) is 3. The third kappa shape index (κ3) is 2.56. The van der Waals surface area contributed by atoms with Gasteiger partial charge in [0.15, 0.2) is 0 Å². The van der Waals surface area contributed by atoms with Crippen LogP contribution in [0.2, 0.25) is 5.02 Å². The average molecular weight is 273 g/mol. The molecule has 0 amide bonds. The Hall–Kier alpha value is -1.36. The summed E-state index contributed by atoms with van der Waals surface area (Å²) in [5.41, 5.74) is 0.00822. The zero-order chi connectivity index (χ0) is 13.3. The van der Waals surface area contributed by atoms with E-state index in [-0.39, 0.29) is 22.4 Å². The quantitative estimate of drug-likeness (QED) is 0.666. The lowest BCUT2D eigenvalue weighted by atomic mass is 9.80. The van der Waals surface area contributed by atoms with Crippen LogP contribution in [-0.4, -0.2) is 11.0 Å². The molecule has 1 unspecified atom stereocenters. The molecule has 6 heteroatoms. The van der Waals surface area contributed by atoms with Gasteiger partial charge in [-0.1, -0.05) is 18.0 Å². The summed E-state index contributed by atoms with van der Waals surface area (Å²) in [5, 5.41) is 13.8. The highest BCUT2D eigenvalue weighted by Gasteiger charge is 2.26. The second-order valence-corrected chi connectivity index (χ2v) is 5.07. The molecule has 4 nitrogen and oxygen atoms in total. The van der Waals surface area contributed by atoms with Gasteiger partial charge in [0.05, 0.1) is 16.0 Å². The van der Waals surface area contributed by atoms with Gasteiger partial charge in [0.2, 0.25) is 0 Å². The molecule has 1 aliphatic rings. The van der Waals surface area contributed by atoms with Crippen molar-refractivity contribution in [1.82, 2.24) is 0 Å². The van der Waals surface area contributed by atoms with Crippen LogP contribution in [-0.2, 0) is 0 Å². The molecule has 0 bridgehead atoms. The molecule has 1 aromatic carbocycles. The lowest BCUT2D eigenvalue weighted by Gasteiger charge is -2.32. The van der Waals surface area contributed by atoms with Crippen LogP contribution in [0.5, 0.6) is 0 Å². The maximum Gasteiger partial charge on any atom is 0.295 e. The van der Waals surface area contributed by atoms with Crippen molar-refractivity contribution in [3.63, 3.8) is 0 Å². The molecule has 1 atom stereocenters. The number of halogens is 2. The first-order chi connectivity index (χ1) is 8.49. The Morgan fingerprint density at radius 2 is 2.22 bits per heavy atom. The summed E-state index contributed by atoms with van der Waals surface area (Å²) in [6.07, 6.45) is 3.44. The van der Waals surface area contributed by atoms with Gasteiger partial charge in [0.25, 0.3) is 5.69 Å². The molecule has 0 spiro atoms. The van der Waals surface area contributed by atoms with E-state index in [0.717, 1.165) is 18.9 Å². The van der Waals surface area contributed by atoms with Crippen molar-refractivity contribution in [2.75, 3.05) is 5.32 Å². The second kappa shape index (κ2) is 5.10. The van der Waals surface area contributed by atoms with E-state index in [4.69, 9.17) is 11.6 Å². The molecule has 98 valence electrons. The van der Waals surface area contributed by atoms with Crippen LogP contribution in [0.3, 0.4) is 0 Å². The predicted octanol–water partition coefficient (Wildman–Crippen LogP) is 3.99. The summed E-state index contributed by atoms with van der Waals surface area (Å²) in [4.78, 5) is 10.3. The molecule has 0 radical (unpaired) electrons. The Kier molecular flexibility index (Phi) is 3.71. The van der Waals surface area contributed by atoms with Crippen LogP contribution >= 0.6 is 11.6 Å². The van der Waals surface area contributed by atoms with Crippen LogP contribution < -0.4 is 5.32 Å². The van der Waals surface area contributed by atoms with Gasteiger partial charge < -0.3 is 5.32 Å². The van der Waals surface area contributed by atoms with Gasteiger partial charge in [0, 0.05) is 6.04 Å². The number of hydrogen-bond donors (Lipinski definition) is 1. The van der Waals surface area contributed by atoms with Crippen LogP contribution in [0.1, 0.15) is 26.2 Å². The average Bonchev–Trinajstić information content (AvgIpc) is 2.19. The number of nitrogens with one attached hydrogen (secondary N) is 1. The summed E-state index contributed by atoms with van der Waals surface area (Å²) in [7, 11) is 0. The molecule has 1 N–H and O–H groups in total. The van der Waals surface area contributed by atoms with E-state index in [1.165, 1.54) is 12.5 Å². The molecular weight excluding hydrogens is 259 g/mol. The van der Waals surface area contributed by atoms with E-state index in [1.54, 1.807) is 0 Å². The minimum Gasteiger partial charge on any atom is -0.377 e. The molecule has 1 aromatic rings. The summed E-state index contributed by atoms with van der Waals surface area (Å²) in [6, 6.07) is 2.27. The van der Waals surface area contributed by atoms with Gasteiger partial charge in [0.1, 0.15) is 11.5 Å². The summed E-state index contributed by atoms with van der Waals surface area (Å²) >= 11 is 5.66. The first-order valence-electron chi connectivity index (χ1n) is 5.89. The first kappa shape index (κ1) is 13.1. The Bertz CT molecular complexity index is 477. The summed E-state index contributed by atoms with van der Waals surface area (Å²) in [6.45, 7) is 1.98. The minimum atomic E-state index is -0.773. The first-order valence-corrected chi connectivity index (χ1v) is 6.27. The molecule has 1 aliphatic carbocycles. The number of anilines is 1. The number of nitro benzene ring substituents is 1. The van der Waals surface area contributed by atoms with Crippen molar-refractivity contribution in [1.29, 1.82) is 0 Å². The fourth-order valence-corrected chi connectivity index (χ4v) is 2.27. The highest BCUT2D eigenvalue weighted by molar-refractivity contribution is 6.31. The number of rotatable bonds is 4. The minimum absolute atomic E-state index is 0.107. The van der Waals surface area contributed by atoms with Gasteiger partial charge in [-0.3, -0.25) is 10.1 Å². The number of nitrogens with zero attached hydrogens (tertiary/aromatic N) is 1. The van der Waals surface area contributed by atoms with Gasteiger partial charge in [-0.15, -0.1) is 0 Å². The van der Waals surface area contributed by atoms with Crippen molar-refractivity contribution in [2.24, 2.45) is 5.92 Å². The van der Waals surface area contributed by atoms with Gasteiger partial charge in [-0.25, -0.2) is 4.39 Å². The van der Waals surface area contributed by atoms with Gasteiger partial charge >= 0.3 is 0 Å². The topological polar surface area (TPSA) is 55.2 Å².